The van der Waals surface area contributed by atoms with E-state index in [0.717, 1.165) is 19.3 Å². The van der Waals surface area contributed by atoms with E-state index in [-0.39, 0.29) is 5.92 Å². The molecule has 0 heterocycles. The molecular formula is C13H22O4. The zero-order valence-electron chi connectivity index (χ0n) is 11.0. The molecule has 17 heavy (non-hydrogen) atoms. The molecule has 0 aromatic rings. The molecule has 0 radical (unpaired) electrons. The monoisotopic (exact) mass is 242 g/mol. The number of hydrogen-bond donors (Lipinski definition) is 0. The van der Waals surface area contributed by atoms with E-state index in [1.165, 1.54) is 27.1 Å². The van der Waals surface area contributed by atoms with E-state index < -0.39 is 17.4 Å². The van der Waals surface area contributed by atoms with E-state index in [1.54, 1.807) is 0 Å². The molecule has 0 aromatic carbocycles. The predicted octanol–water partition coefficient (Wildman–Crippen LogP) is 2.31. The van der Waals surface area contributed by atoms with Crippen LogP contribution in [-0.2, 0) is 19.1 Å². The lowest BCUT2D eigenvalue weighted by Gasteiger charge is -2.12. The maximum atomic E-state index is 11.7. The van der Waals surface area contributed by atoms with Gasteiger partial charge in [0.2, 0.25) is 0 Å². The van der Waals surface area contributed by atoms with Gasteiger partial charge >= 0.3 is 11.9 Å². The van der Waals surface area contributed by atoms with E-state index in [1.807, 2.05) is 0 Å². The molecule has 1 rings (SSSR count). The van der Waals surface area contributed by atoms with Crippen molar-refractivity contribution in [2.75, 3.05) is 14.2 Å². The van der Waals surface area contributed by atoms with E-state index in [2.05, 4.69) is 6.92 Å². The summed E-state index contributed by atoms with van der Waals surface area (Å²) < 4.78 is 9.44. The zero-order chi connectivity index (χ0) is 12.9. The fourth-order valence-corrected chi connectivity index (χ4v) is 2.44. The first-order valence-corrected chi connectivity index (χ1v) is 6.30. The van der Waals surface area contributed by atoms with Crippen LogP contribution in [0.15, 0.2) is 0 Å². The molecular weight excluding hydrogens is 220 g/mol. The van der Waals surface area contributed by atoms with E-state index in [4.69, 9.17) is 9.47 Å². The maximum Gasteiger partial charge on any atom is 0.323 e. The molecule has 1 atom stereocenters. The van der Waals surface area contributed by atoms with Crippen molar-refractivity contribution in [2.45, 2.75) is 45.4 Å². The van der Waals surface area contributed by atoms with Gasteiger partial charge in [0.15, 0.2) is 5.41 Å². The lowest BCUT2D eigenvalue weighted by molar-refractivity contribution is -0.162. The van der Waals surface area contributed by atoms with Gasteiger partial charge in [0, 0.05) is 0 Å². The van der Waals surface area contributed by atoms with Gasteiger partial charge in [-0.25, -0.2) is 0 Å². The highest BCUT2D eigenvalue weighted by molar-refractivity contribution is 6.03. The van der Waals surface area contributed by atoms with Crippen molar-refractivity contribution in [3.63, 3.8) is 0 Å². The lowest BCUT2D eigenvalue weighted by Crippen LogP contribution is -2.30. The van der Waals surface area contributed by atoms with Crippen LogP contribution in [0.2, 0.25) is 0 Å². The van der Waals surface area contributed by atoms with Gasteiger partial charge in [-0.05, 0) is 18.8 Å². The standard InChI is InChI=1S/C13H22O4/c1-4-5-6-7-8-10-9-13(10,11(14)16-2)12(15)17-3/h10H,4-9H2,1-3H3. The molecule has 1 unspecified atom stereocenters. The second-order valence-electron chi connectivity index (χ2n) is 4.70. The number of carbonyl (C=O) groups excluding carboxylic acids is 2. The maximum absolute atomic E-state index is 11.7. The van der Waals surface area contributed by atoms with Crippen molar-refractivity contribution in [3.05, 3.63) is 0 Å². The molecule has 0 spiro atoms. The molecule has 1 fully saturated rings. The SMILES string of the molecule is CCCCCCC1CC1(C(=O)OC)C(=O)OC. The molecule has 0 amide bonds. The summed E-state index contributed by atoms with van der Waals surface area (Å²) in [6.45, 7) is 2.16. The van der Waals surface area contributed by atoms with Crippen molar-refractivity contribution in [1.29, 1.82) is 0 Å². The fourth-order valence-electron chi connectivity index (χ4n) is 2.44. The van der Waals surface area contributed by atoms with Gasteiger partial charge in [-0.2, -0.15) is 0 Å². The number of esters is 2. The van der Waals surface area contributed by atoms with Crippen LogP contribution in [0.3, 0.4) is 0 Å². The van der Waals surface area contributed by atoms with Crippen LogP contribution in [0.5, 0.6) is 0 Å². The molecule has 4 heteroatoms. The molecule has 1 saturated carbocycles. The first-order chi connectivity index (χ1) is 8.13. The average Bonchev–Trinajstić information content (AvgIpc) is 3.08. The molecule has 1 aliphatic rings. The highest BCUT2D eigenvalue weighted by Crippen LogP contribution is 2.56. The first kappa shape index (κ1) is 14.0. The fraction of sp³-hybridized carbons (Fsp3) is 0.846. The van der Waals surface area contributed by atoms with Gasteiger partial charge in [-0.3, -0.25) is 9.59 Å². The van der Waals surface area contributed by atoms with Crippen LogP contribution >= 0.6 is 0 Å². The van der Waals surface area contributed by atoms with Crippen molar-refractivity contribution in [1.82, 2.24) is 0 Å². The Morgan fingerprint density at radius 1 is 1.12 bits per heavy atom. The van der Waals surface area contributed by atoms with Crippen LogP contribution in [0.1, 0.15) is 45.4 Å². The van der Waals surface area contributed by atoms with Gasteiger partial charge in [-0.15, -0.1) is 0 Å². The number of methoxy groups -OCH3 is 2. The van der Waals surface area contributed by atoms with Gasteiger partial charge in [0.1, 0.15) is 0 Å². The van der Waals surface area contributed by atoms with Crippen molar-refractivity contribution in [3.8, 4) is 0 Å². The van der Waals surface area contributed by atoms with Gasteiger partial charge in [-0.1, -0.05) is 32.6 Å². The minimum absolute atomic E-state index is 0.110. The smallest absolute Gasteiger partial charge is 0.323 e. The minimum atomic E-state index is -0.990. The molecule has 98 valence electrons. The second-order valence-corrected chi connectivity index (χ2v) is 4.70. The largest absolute Gasteiger partial charge is 0.468 e. The third-order valence-corrected chi connectivity index (χ3v) is 3.61. The molecule has 0 bridgehead atoms. The average molecular weight is 242 g/mol. The summed E-state index contributed by atoms with van der Waals surface area (Å²) in [6, 6.07) is 0. The minimum Gasteiger partial charge on any atom is -0.468 e. The normalized spacial score (nSPS) is 20.8. The highest BCUT2D eigenvalue weighted by atomic mass is 16.5. The summed E-state index contributed by atoms with van der Waals surface area (Å²) in [7, 11) is 2.64. The van der Waals surface area contributed by atoms with Crippen LogP contribution in [0.4, 0.5) is 0 Å². The van der Waals surface area contributed by atoms with E-state index in [0.29, 0.717) is 6.42 Å². The second kappa shape index (κ2) is 6.03. The van der Waals surface area contributed by atoms with Crippen molar-refractivity contribution >= 4 is 11.9 Å². The van der Waals surface area contributed by atoms with Crippen LogP contribution in [-0.4, -0.2) is 26.2 Å². The van der Waals surface area contributed by atoms with Crippen LogP contribution in [0, 0.1) is 11.3 Å². The topological polar surface area (TPSA) is 52.6 Å². The lowest BCUT2D eigenvalue weighted by atomic mass is 10.00. The van der Waals surface area contributed by atoms with E-state index in [9.17, 15) is 9.59 Å². The summed E-state index contributed by atoms with van der Waals surface area (Å²) in [5, 5.41) is 0. The Hall–Kier alpha value is -1.06. The third-order valence-electron chi connectivity index (χ3n) is 3.61. The summed E-state index contributed by atoms with van der Waals surface area (Å²) >= 11 is 0. The Kier molecular flexibility index (Phi) is 4.97. The number of unbranched alkanes of at least 4 members (excludes halogenated alkanes) is 3. The number of rotatable bonds is 7. The Morgan fingerprint density at radius 2 is 1.71 bits per heavy atom. The molecule has 0 N–H and O–H groups in total. The van der Waals surface area contributed by atoms with Crippen molar-refractivity contribution < 1.29 is 19.1 Å². The molecule has 0 saturated heterocycles. The first-order valence-electron chi connectivity index (χ1n) is 6.30. The Labute approximate surface area is 103 Å². The zero-order valence-corrected chi connectivity index (χ0v) is 11.0. The summed E-state index contributed by atoms with van der Waals surface area (Å²) in [5.41, 5.74) is -0.990. The van der Waals surface area contributed by atoms with Crippen LogP contribution < -0.4 is 0 Å². The summed E-state index contributed by atoms with van der Waals surface area (Å²) in [4.78, 5) is 23.3. The molecule has 1 aliphatic carbocycles. The Bertz CT molecular complexity index is 269. The quantitative estimate of drug-likeness (QED) is 0.390. The van der Waals surface area contributed by atoms with Crippen molar-refractivity contribution in [2.24, 2.45) is 11.3 Å². The number of hydrogen-bond acceptors (Lipinski definition) is 4. The Morgan fingerprint density at radius 3 is 2.18 bits per heavy atom. The third kappa shape index (κ3) is 2.79. The molecule has 0 aliphatic heterocycles. The van der Waals surface area contributed by atoms with Crippen LogP contribution in [0.25, 0.3) is 0 Å². The molecule has 0 aromatic heterocycles. The Balaban J connectivity index is 2.49. The van der Waals surface area contributed by atoms with Gasteiger partial charge < -0.3 is 9.47 Å². The summed E-state index contributed by atoms with van der Waals surface area (Å²) in [5.74, 6) is -0.770. The van der Waals surface area contributed by atoms with Gasteiger partial charge in [0.05, 0.1) is 14.2 Å². The summed E-state index contributed by atoms with van der Waals surface area (Å²) in [6.07, 6.45) is 6.10. The van der Waals surface area contributed by atoms with E-state index >= 15 is 0 Å². The van der Waals surface area contributed by atoms with Gasteiger partial charge in [0.25, 0.3) is 0 Å². The number of ether oxygens (including phenoxy) is 2. The predicted molar refractivity (Wildman–Crippen MR) is 63.3 cm³/mol. The molecule has 4 nitrogen and oxygen atoms in total. The number of carbonyl (C=O) groups is 2. The highest BCUT2D eigenvalue weighted by Gasteiger charge is 2.67.